The summed E-state index contributed by atoms with van der Waals surface area (Å²) in [5.74, 6) is 1.29. The van der Waals surface area contributed by atoms with Crippen molar-refractivity contribution in [3.8, 4) is 17.2 Å². The second-order valence-electron chi connectivity index (χ2n) is 7.88. The van der Waals surface area contributed by atoms with Crippen LogP contribution in [0.1, 0.15) is 37.9 Å². The molecule has 0 amide bonds. The van der Waals surface area contributed by atoms with E-state index in [1.54, 1.807) is 50.8 Å². The predicted octanol–water partition coefficient (Wildman–Crippen LogP) is 3.21. The smallest absolute Gasteiger partial charge is 0.338 e. The number of allylic oxidation sites excluding steroid dienone is 1. The van der Waals surface area contributed by atoms with Crippen molar-refractivity contribution in [3.05, 3.63) is 84.5 Å². The average molecular weight is 509 g/mol. The van der Waals surface area contributed by atoms with Gasteiger partial charge in [-0.1, -0.05) is 29.5 Å². The van der Waals surface area contributed by atoms with Crippen LogP contribution in [-0.4, -0.2) is 38.0 Å². The molecule has 0 radical (unpaired) electrons. The minimum atomic E-state index is -0.747. The minimum Gasteiger partial charge on any atom is -0.497 e. The first-order chi connectivity index (χ1) is 17.4. The third-order valence-electron chi connectivity index (χ3n) is 5.76. The standard InChI is InChI=1S/C27H28N2O6S/c1-6-34-20-11-9-8-10-19(20)24-23(26(31)35-7-2)16(3)28-27-29(24)25(30)22(36-27)14-17-12-13-18(32-4)15-21(17)33-5/h8-15,24H,6-7H2,1-5H3/b22-14-/t24-/m1/s1. The molecule has 0 N–H and O–H groups in total. The van der Waals surface area contributed by atoms with Gasteiger partial charge in [-0.15, -0.1) is 0 Å². The Bertz CT molecular complexity index is 1500. The highest BCUT2D eigenvalue weighted by atomic mass is 32.1. The number of esters is 1. The fourth-order valence-corrected chi connectivity index (χ4v) is 5.20. The lowest BCUT2D eigenvalue weighted by atomic mass is 9.95. The van der Waals surface area contributed by atoms with E-state index in [1.807, 2.05) is 37.3 Å². The Kier molecular flexibility index (Phi) is 7.59. The number of aromatic nitrogens is 1. The molecule has 1 aliphatic heterocycles. The Morgan fingerprint density at radius 1 is 1.08 bits per heavy atom. The van der Waals surface area contributed by atoms with Crippen molar-refractivity contribution in [2.24, 2.45) is 4.99 Å². The fourth-order valence-electron chi connectivity index (χ4n) is 4.16. The van der Waals surface area contributed by atoms with Gasteiger partial charge in [0.25, 0.3) is 5.56 Å². The predicted molar refractivity (Wildman–Crippen MR) is 138 cm³/mol. The SMILES string of the molecule is CCOC(=O)C1=C(C)N=c2s/c(=C\c3ccc(OC)cc3OC)c(=O)n2[C@@H]1c1ccccc1OCC. The van der Waals surface area contributed by atoms with Gasteiger partial charge in [0, 0.05) is 17.2 Å². The van der Waals surface area contributed by atoms with Crippen LogP contribution in [0.15, 0.2) is 63.5 Å². The number of rotatable bonds is 8. The number of thiazole rings is 1. The Hall–Kier alpha value is -3.85. The summed E-state index contributed by atoms with van der Waals surface area (Å²) in [7, 11) is 3.14. The number of nitrogens with zero attached hydrogens (tertiary/aromatic N) is 2. The molecule has 9 heteroatoms. The third kappa shape index (κ3) is 4.66. The number of fused-ring (bicyclic) bond motifs is 1. The summed E-state index contributed by atoms with van der Waals surface area (Å²) in [4.78, 5) is 32.0. The van der Waals surface area contributed by atoms with E-state index in [9.17, 15) is 9.59 Å². The lowest BCUT2D eigenvalue weighted by Gasteiger charge is -2.26. The maximum Gasteiger partial charge on any atom is 0.338 e. The van der Waals surface area contributed by atoms with Gasteiger partial charge < -0.3 is 18.9 Å². The van der Waals surface area contributed by atoms with Gasteiger partial charge in [0.2, 0.25) is 0 Å². The first-order valence-corrected chi connectivity index (χ1v) is 12.4. The van der Waals surface area contributed by atoms with Crippen LogP contribution in [-0.2, 0) is 9.53 Å². The molecule has 188 valence electrons. The summed E-state index contributed by atoms with van der Waals surface area (Å²) in [6.07, 6.45) is 1.76. The molecule has 1 aliphatic rings. The van der Waals surface area contributed by atoms with Crippen molar-refractivity contribution < 1.29 is 23.7 Å². The van der Waals surface area contributed by atoms with Crippen LogP contribution in [0.4, 0.5) is 0 Å². The topological polar surface area (TPSA) is 88.4 Å². The van der Waals surface area contributed by atoms with Gasteiger partial charge in [0.1, 0.15) is 23.3 Å². The molecule has 0 aliphatic carbocycles. The van der Waals surface area contributed by atoms with E-state index in [1.165, 1.54) is 11.3 Å². The first-order valence-electron chi connectivity index (χ1n) is 11.6. The molecule has 2 aromatic carbocycles. The van der Waals surface area contributed by atoms with Crippen molar-refractivity contribution in [1.82, 2.24) is 4.57 Å². The number of hydrogen-bond donors (Lipinski definition) is 0. The molecule has 0 saturated carbocycles. The third-order valence-corrected chi connectivity index (χ3v) is 6.74. The van der Waals surface area contributed by atoms with Crippen molar-refractivity contribution in [2.75, 3.05) is 27.4 Å². The summed E-state index contributed by atoms with van der Waals surface area (Å²) in [5, 5.41) is 0. The molecule has 1 aromatic heterocycles. The molecule has 0 bridgehead atoms. The summed E-state index contributed by atoms with van der Waals surface area (Å²) in [5.41, 5.74) is 1.94. The quantitative estimate of drug-likeness (QED) is 0.434. The van der Waals surface area contributed by atoms with Crippen LogP contribution in [0.5, 0.6) is 17.2 Å². The van der Waals surface area contributed by atoms with Crippen molar-refractivity contribution in [2.45, 2.75) is 26.8 Å². The first kappa shape index (κ1) is 25.2. The summed E-state index contributed by atoms with van der Waals surface area (Å²) in [6, 6.07) is 12.0. The number of carbonyl (C=O) groups is 1. The molecule has 1 atom stereocenters. The number of methoxy groups -OCH3 is 2. The number of hydrogen-bond acceptors (Lipinski definition) is 8. The Morgan fingerprint density at radius 3 is 2.56 bits per heavy atom. The lowest BCUT2D eigenvalue weighted by Crippen LogP contribution is -2.40. The molecule has 0 spiro atoms. The van der Waals surface area contributed by atoms with Crippen LogP contribution in [0.2, 0.25) is 0 Å². The van der Waals surface area contributed by atoms with Crippen molar-refractivity contribution in [3.63, 3.8) is 0 Å². The molecule has 0 unspecified atom stereocenters. The minimum absolute atomic E-state index is 0.205. The van der Waals surface area contributed by atoms with Crippen molar-refractivity contribution >= 4 is 23.4 Å². The van der Waals surface area contributed by atoms with Crippen LogP contribution in [0.25, 0.3) is 6.08 Å². The van der Waals surface area contributed by atoms with E-state index in [0.29, 0.717) is 50.0 Å². The second-order valence-corrected chi connectivity index (χ2v) is 8.89. The number of ether oxygens (including phenoxy) is 4. The number of para-hydroxylation sites is 1. The van der Waals surface area contributed by atoms with Gasteiger partial charge in [-0.2, -0.15) is 0 Å². The summed E-state index contributed by atoms with van der Waals surface area (Å²) >= 11 is 1.25. The van der Waals surface area contributed by atoms with Crippen LogP contribution >= 0.6 is 11.3 Å². The van der Waals surface area contributed by atoms with Crippen LogP contribution in [0, 0.1) is 0 Å². The Morgan fingerprint density at radius 2 is 1.86 bits per heavy atom. The van der Waals surface area contributed by atoms with Gasteiger partial charge in [0.05, 0.1) is 43.2 Å². The molecule has 2 heterocycles. The Labute approximate surface area is 212 Å². The zero-order chi connectivity index (χ0) is 25.8. The maximum absolute atomic E-state index is 13.8. The van der Waals surface area contributed by atoms with Gasteiger partial charge in [-0.3, -0.25) is 9.36 Å². The molecule has 0 fully saturated rings. The molecule has 8 nitrogen and oxygen atoms in total. The normalized spacial score (nSPS) is 15.2. The van der Waals surface area contributed by atoms with E-state index in [-0.39, 0.29) is 12.2 Å². The zero-order valence-corrected chi connectivity index (χ0v) is 21.7. The second kappa shape index (κ2) is 10.8. The van der Waals surface area contributed by atoms with Crippen LogP contribution < -0.4 is 29.1 Å². The molecule has 36 heavy (non-hydrogen) atoms. The highest BCUT2D eigenvalue weighted by Crippen LogP contribution is 2.36. The average Bonchev–Trinajstić information content (AvgIpc) is 3.18. The zero-order valence-electron chi connectivity index (χ0n) is 20.9. The molecular formula is C27H28N2O6S. The van der Waals surface area contributed by atoms with Crippen LogP contribution in [0.3, 0.4) is 0 Å². The molecule has 4 rings (SSSR count). The highest BCUT2D eigenvalue weighted by molar-refractivity contribution is 7.07. The van der Waals surface area contributed by atoms with Gasteiger partial charge in [-0.25, -0.2) is 9.79 Å². The monoisotopic (exact) mass is 508 g/mol. The fraction of sp³-hybridized carbons (Fsp3) is 0.296. The summed E-state index contributed by atoms with van der Waals surface area (Å²) in [6.45, 7) is 6.03. The number of carbonyl (C=O) groups excluding carboxylic acids is 1. The van der Waals surface area contributed by atoms with E-state index < -0.39 is 12.0 Å². The largest absolute Gasteiger partial charge is 0.497 e. The van der Waals surface area contributed by atoms with Gasteiger partial charge >= 0.3 is 5.97 Å². The summed E-state index contributed by atoms with van der Waals surface area (Å²) < 4.78 is 24.0. The maximum atomic E-state index is 13.8. The van der Waals surface area contributed by atoms with E-state index in [4.69, 9.17) is 18.9 Å². The Balaban J connectivity index is 1.98. The van der Waals surface area contributed by atoms with Gasteiger partial charge in [-0.05, 0) is 45.0 Å². The highest BCUT2D eigenvalue weighted by Gasteiger charge is 2.35. The van der Waals surface area contributed by atoms with E-state index in [0.717, 1.165) is 5.56 Å². The molecule has 0 saturated heterocycles. The van der Waals surface area contributed by atoms with Crippen molar-refractivity contribution in [1.29, 1.82) is 0 Å². The molecular weight excluding hydrogens is 480 g/mol. The van der Waals surface area contributed by atoms with E-state index >= 15 is 0 Å². The van der Waals surface area contributed by atoms with E-state index in [2.05, 4.69) is 4.99 Å². The molecule has 3 aromatic rings. The number of benzene rings is 2. The van der Waals surface area contributed by atoms with Gasteiger partial charge in [0.15, 0.2) is 4.80 Å². The lowest BCUT2D eigenvalue weighted by molar-refractivity contribution is -0.139.